The molecular weight excluding hydrogens is 168 g/mol. The predicted octanol–water partition coefficient (Wildman–Crippen LogP) is 1.17. The Morgan fingerprint density at radius 2 is 2.38 bits per heavy atom. The van der Waals surface area contributed by atoms with E-state index in [2.05, 4.69) is 20.4 Å². The van der Waals surface area contributed by atoms with E-state index >= 15 is 0 Å². The topological polar surface area (TPSA) is 63.8 Å². The maximum atomic E-state index is 4.87. The molecule has 0 saturated carbocycles. The molecule has 0 amide bonds. The smallest absolute Gasteiger partial charge is 0.321 e. The number of hydrogen-bond donors (Lipinski definition) is 1. The minimum absolute atomic E-state index is 0.402. The molecule has 5 heteroatoms. The first-order chi connectivity index (χ1) is 6.40. The van der Waals surface area contributed by atoms with Gasteiger partial charge in [-0.05, 0) is 12.1 Å². The lowest BCUT2D eigenvalue weighted by Gasteiger charge is -1.89. The zero-order chi connectivity index (χ0) is 9.10. The average Bonchev–Trinajstić information content (AvgIpc) is 2.67. The van der Waals surface area contributed by atoms with Gasteiger partial charge >= 0.3 is 6.01 Å². The van der Waals surface area contributed by atoms with Crippen molar-refractivity contribution in [3.8, 4) is 11.4 Å². The van der Waals surface area contributed by atoms with Crippen molar-refractivity contribution in [2.45, 2.75) is 0 Å². The van der Waals surface area contributed by atoms with Crippen LogP contribution in [0, 0.1) is 0 Å². The molecule has 2 aromatic rings. The lowest BCUT2D eigenvalue weighted by atomic mass is 10.3. The van der Waals surface area contributed by atoms with Gasteiger partial charge in [-0.1, -0.05) is 5.16 Å². The SMILES string of the molecule is CNc1nc(-c2cccnc2)no1. The molecule has 0 atom stereocenters. The molecule has 0 radical (unpaired) electrons. The van der Waals surface area contributed by atoms with Gasteiger partial charge in [-0.15, -0.1) is 0 Å². The molecule has 0 fully saturated rings. The number of anilines is 1. The Bertz CT molecular complexity index is 384. The number of nitrogens with one attached hydrogen (secondary N) is 1. The highest BCUT2D eigenvalue weighted by atomic mass is 16.5. The Labute approximate surface area is 74.8 Å². The summed E-state index contributed by atoms with van der Waals surface area (Å²) in [4.78, 5) is 8.02. The number of hydrogen-bond acceptors (Lipinski definition) is 5. The van der Waals surface area contributed by atoms with Crippen molar-refractivity contribution < 1.29 is 4.52 Å². The second kappa shape index (κ2) is 3.22. The van der Waals surface area contributed by atoms with Gasteiger partial charge < -0.3 is 9.84 Å². The van der Waals surface area contributed by atoms with E-state index in [1.54, 1.807) is 19.4 Å². The van der Waals surface area contributed by atoms with Crippen LogP contribution in [0.15, 0.2) is 29.0 Å². The quantitative estimate of drug-likeness (QED) is 0.744. The van der Waals surface area contributed by atoms with E-state index in [1.807, 2.05) is 12.1 Å². The fraction of sp³-hybridized carbons (Fsp3) is 0.125. The van der Waals surface area contributed by atoms with Crippen molar-refractivity contribution in [3.63, 3.8) is 0 Å². The molecule has 0 aromatic carbocycles. The molecule has 66 valence electrons. The molecule has 2 aromatic heterocycles. The maximum Gasteiger partial charge on any atom is 0.321 e. The Morgan fingerprint density at radius 3 is 3.00 bits per heavy atom. The molecule has 1 N–H and O–H groups in total. The average molecular weight is 176 g/mol. The van der Waals surface area contributed by atoms with E-state index < -0.39 is 0 Å². The number of rotatable bonds is 2. The Kier molecular flexibility index (Phi) is 1.91. The summed E-state index contributed by atoms with van der Waals surface area (Å²) in [5, 5.41) is 6.53. The van der Waals surface area contributed by atoms with E-state index in [0.717, 1.165) is 5.56 Å². The van der Waals surface area contributed by atoms with Gasteiger partial charge in [-0.25, -0.2) is 0 Å². The Hall–Kier alpha value is -1.91. The minimum Gasteiger partial charge on any atom is -0.341 e. The monoisotopic (exact) mass is 176 g/mol. The Morgan fingerprint density at radius 1 is 1.46 bits per heavy atom. The van der Waals surface area contributed by atoms with Gasteiger partial charge in [0.1, 0.15) is 0 Å². The molecule has 2 heterocycles. The highest BCUT2D eigenvalue weighted by Crippen LogP contribution is 2.14. The first kappa shape index (κ1) is 7.72. The predicted molar refractivity (Wildman–Crippen MR) is 47.1 cm³/mol. The van der Waals surface area contributed by atoms with Crippen LogP contribution in [-0.2, 0) is 0 Å². The van der Waals surface area contributed by atoms with Gasteiger partial charge in [0.25, 0.3) is 0 Å². The van der Waals surface area contributed by atoms with Crippen molar-refractivity contribution in [2.75, 3.05) is 12.4 Å². The zero-order valence-corrected chi connectivity index (χ0v) is 7.06. The molecule has 2 rings (SSSR count). The molecule has 13 heavy (non-hydrogen) atoms. The molecule has 0 aliphatic carbocycles. The van der Waals surface area contributed by atoms with Gasteiger partial charge in [-0.3, -0.25) is 4.98 Å². The molecule has 0 saturated heterocycles. The van der Waals surface area contributed by atoms with Crippen molar-refractivity contribution in [1.82, 2.24) is 15.1 Å². The molecule has 0 bridgehead atoms. The molecule has 0 spiro atoms. The lowest BCUT2D eigenvalue weighted by Crippen LogP contribution is -1.87. The number of aromatic nitrogens is 3. The van der Waals surface area contributed by atoms with Crippen LogP contribution in [0.5, 0.6) is 0 Å². The summed E-state index contributed by atoms with van der Waals surface area (Å²) in [6.45, 7) is 0. The van der Waals surface area contributed by atoms with E-state index in [0.29, 0.717) is 11.8 Å². The Balaban J connectivity index is 2.36. The van der Waals surface area contributed by atoms with E-state index in [1.165, 1.54) is 0 Å². The van der Waals surface area contributed by atoms with Crippen molar-refractivity contribution in [3.05, 3.63) is 24.5 Å². The highest BCUT2D eigenvalue weighted by molar-refractivity contribution is 5.53. The zero-order valence-electron chi connectivity index (χ0n) is 7.06. The third-order valence-corrected chi connectivity index (χ3v) is 1.56. The molecule has 0 unspecified atom stereocenters. The normalized spacial score (nSPS) is 9.92. The fourth-order valence-corrected chi connectivity index (χ4v) is 0.937. The third-order valence-electron chi connectivity index (χ3n) is 1.56. The summed E-state index contributed by atoms with van der Waals surface area (Å²) < 4.78 is 4.87. The van der Waals surface area contributed by atoms with Crippen LogP contribution in [-0.4, -0.2) is 22.2 Å². The number of pyridine rings is 1. The largest absolute Gasteiger partial charge is 0.341 e. The third kappa shape index (κ3) is 1.48. The molecular formula is C8H8N4O. The van der Waals surface area contributed by atoms with Gasteiger partial charge in [0.15, 0.2) is 0 Å². The van der Waals surface area contributed by atoms with Crippen LogP contribution in [0.3, 0.4) is 0 Å². The number of nitrogens with zero attached hydrogens (tertiary/aromatic N) is 3. The first-order valence-electron chi connectivity index (χ1n) is 3.82. The molecule has 5 nitrogen and oxygen atoms in total. The summed E-state index contributed by atoms with van der Waals surface area (Å²) in [6, 6.07) is 4.10. The van der Waals surface area contributed by atoms with Crippen LogP contribution in [0.2, 0.25) is 0 Å². The standard InChI is InChI=1S/C8H8N4O/c1-9-8-11-7(12-13-8)6-3-2-4-10-5-6/h2-5H,1H3,(H,9,11,12). The summed E-state index contributed by atoms with van der Waals surface area (Å²) in [5.41, 5.74) is 0.841. The second-order valence-electron chi connectivity index (χ2n) is 2.41. The highest BCUT2D eigenvalue weighted by Gasteiger charge is 2.05. The van der Waals surface area contributed by atoms with Crippen molar-refractivity contribution >= 4 is 6.01 Å². The van der Waals surface area contributed by atoms with E-state index in [4.69, 9.17) is 4.52 Å². The van der Waals surface area contributed by atoms with Crippen LogP contribution in [0.4, 0.5) is 6.01 Å². The minimum atomic E-state index is 0.402. The van der Waals surface area contributed by atoms with Gasteiger partial charge in [0.2, 0.25) is 5.82 Å². The summed E-state index contributed by atoms with van der Waals surface area (Å²) >= 11 is 0. The van der Waals surface area contributed by atoms with Crippen molar-refractivity contribution in [2.24, 2.45) is 0 Å². The second-order valence-corrected chi connectivity index (χ2v) is 2.41. The van der Waals surface area contributed by atoms with Crippen LogP contribution >= 0.6 is 0 Å². The summed E-state index contributed by atoms with van der Waals surface area (Å²) in [5.74, 6) is 0.539. The lowest BCUT2D eigenvalue weighted by molar-refractivity contribution is 0.434. The van der Waals surface area contributed by atoms with E-state index in [9.17, 15) is 0 Å². The van der Waals surface area contributed by atoms with Crippen LogP contribution in [0.25, 0.3) is 11.4 Å². The molecule has 0 aliphatic heterocycles. The molecule has 0 aliphatic rings. The van der Waals surface area contributed by atoms with Gasteiger partial charge in [-0.2, -0.15) is 4.98 Å². The van der Waals surface area contributed by atoms with Gasteiger partial charge in [0.05, 0.1) is 0 Å². The van der Waals surface area contributed by atoms with Crippen LogP contribution < -0.4 is 5.32 Å². The van der Waals surface area contributed by atoms with Crippen LogP contribution in [0.1, 0.15) is 0 Å². The summed E-state index contributed by atoms with van der Waals surface area (Å²) in [7, 11) is 1.72. The summed E-state index contributed by atoms with van der Waals surface area (Å²) in [6.07, 6.45) is 3.38. The first-order valence-corrected chi connectivity index (χ1v) is 3.82. The maximum absolute atomic E-state index is 4.87. The van der Waals surface area contributed by atoms with Crippen molar-refractivity contribution in [1.29, 1.82) is 0 Å². The van der Waals surface area contributed by atoms with E-state index in [-0.39, 0.29) is 0 Å². The van der Waals surface area contributed by atoms with Gasteiger partial charge in [0, 0.05) is 25.0 Å². The fourth-order valence-electron chi connectivity index (χ4n) is 0.937.